The summed E-state index contributed by atoms with van der Waals surface area (Å²) in [5, 5.41) is 0. The van der Waals surface area contributed by atoms with Crippen LogP contribution in [-0.4, -0.2) is 13.0 Å². The predicted molar refractivity (Wildman–Crippen MR) is 80.0 cm³/mol. The Morgan fingerprint density at radius 1 is 0.944 bits per heavy atom. The maximum atomic E-state index is 12.6. The third kappa shape index (κ3) is 4.44. The van der Waals surface area contributed by atoms with Gasteiger partial charge in [0.1, 0.15) is 0 Å². The number of hydrogen-bond acceptors (Lipinski definition) is 1. The summed E-state index contributed by atoms with van der Waals surface area (Å²) in [4.78, 5) is 12.6. The minimum absolute atomic E-state index is 0.0422. The fourth-order valence-electron chi connectivity index (χ4n) is 3.78. The normalized spacial score (nSPS) is 19.1. The highest BCUT2D eigenvalue weighted by Crippen LogP contribution is 2.41. The molecule has 0 aromatic carbocycles. The molecule has 0 saturated heterocycles. The zero-order chi connectivity index (χ0) is 14.0. The van der Waals surface area contributed by atoms with Crippen molar-refractivity contribution in [2.75, 3.05) is 0 Å². The van der Waals surface area contributed by atoms with Crippen LogP contribution in [0.3, 0.4) is 0 Å². The molecule has 0 unspecified atom stereocenters. The highest BCUT2D eigenvalue weighted by molar-refractivity contribution is 6.75. The first-order chi connectivity index (χ1) is 8.12. The van der Waals surface area contributed by atoms with Crippen molar-refractivity contribution in [1.29, 1.82) is 0 Å². The molecule has 0 heterocycles. The summed E-state index contributed by atoms with van der Waals surface area (Å²) in [5.74, 6) is 0.658. The molecule has 0 aliphatic heterocycles. The van der Waals surface area contributed by atoms with Gasteiger partial charge in [-0.1, -0.05) is 79.5 Å². The van der Waals surface area contributed by atoms with E-state index in [4.69, 9.17) is 0 Å². The summed E-state index contributed by atoms with van der Waals surface area (Å²) in [6.45, 7) is 13.1. The van der Waals surface area contributed by atoms with Crippen molar-refractivity contribution in [3.05, 3.63) is 0 Å². The molecule has 1 rings (SSSR count). The Morgan fingerprint density at radius 2 is 1.39 bits per heavy atom. The Morgan fingerprint density at radius 3 is 1.78 bits per heavy atom. The van der Waals surface area contributed by atoms with Crippen molar-refractivity contribution in [3.63, 3.8) is 0 Å². The van der Waals surface area contributed by atoms with E-state index in [9.17, 15) is 4.79 Å². The fourth-order valence-corrected chi connectivity index (χ4v) is 3.78. The van der Waals surface area contributed by atoms with Crippen molar-refractivity contribution in [3.8, 4) is 0 Å². The van der Waals surface area contributed by atoms with Crippen molar-refractivity contribution in [2.45, 2.75) is 79.5 Å². The van der Waals surface area contributed by atoms with Crippen LogP contribution in [0.25, 0.3) is 0 Å². The molecular weight excluding hydrogens is 219 g/mol. The maximum absolute atomic E-state index is 12.6. The lowest BCUT2D eigenvalue weighted by Gasteiger charge is -2.40. The molecule has 2 heteroatoms. The summed E-state index contributed by atoms with van der Waals surface area (Å²) in [6.07, 6.45) is 6.37. The first-order valence-electron chi connectivity index (χ1n) is 7.51. The average Bonchev–Trinajstić information content (AvgIpc) is 2.13. The Kier molecular flexibility index (Phi) is 5.09. The minimum atomic E-state index is 0.0422. The zero-order valence-electron chi connectivity index (χ0n) is 13.2. The van der Waals surface area contributed by atoms with E-state index < -0.39 is 0 Å². The highest BCUT2D eigenvalue weighted by Gasteiger charge is 2.40. The van der Waals surface area contributed by atoms with Crippen LogP contribution in [0, 0.1) is 16.7 Å². The second-order valence-electron chi connectivity index (χ2n) is 8.13. The molecule has 103 valence electrons. The van der Waals surface area contributed by atoms with Gasteiger partial charge in [0.15, 0.2) is 0 Å². The summed E-state index contributed by atoms with van der Waals surface area (Å²) in [5.41, 5.74) is 0.461. The van der Waals surface area contributed by atoms with Gasteiger partial charge in [-0.3, -0.25) is 0 Å². The summed E-state index contributed by atoms with van der Waals surface area (Å²) in [7, 11) is 2.06. The van der Waals surface area contributed by atoms with Crippen LogP contribution in [-0.2, 0) is 4.79 Å². The van der Waals surface area contributed by atoms with Crippen molar-refractivity contribution in [1.82, 2.24) is 0 Å². The second kappa shape index (κ2) is 5.80. The van der Waals surface area contributed by atoms with Gasteiger partial charge in [0.2, 0.25) is 7.28 Å². The Hall–Kier alpha value is -0.265. The van der Waals surface area contributed by atoms with Gasteiger partial charge in [-0.05, 0) is 10.8 Å². The molecule has 1 aliphatic carbocycles. The smallest absolute Gasteiger partial charge is 0.206 e. The molecule has 0 bridgehead atoms. The van der Waals surface area contributed by atoms with E-state index in [0.717, 1.165) is 0 Å². The summed E-state index contributed by atoms with van der Waals surface area (Å²) in [6, 6.07) is 0. The Balaban J connectivity index is 2.71. The molecule has 0 aromatic heterocycles. The SMILES string of the molecule is CC(C)(C)C(C(=O)[B]C1CCCCC1)C(C)(C)C. The third-order valence-electron chi connectivity index (χ3n) is 4.07. The molecule has 0 amide bonds. The molecule has 1 nitrogen and oxygen atoms in total. The van der Waals surface area contributed by atoms with Gasteiger partial charge in [-0.2, -0.15) is 0 Å². The van der Waals surface area contributed by atoms with E-state index in [1.165, 1.54) is 32.1 Å². The van der Waals surface area contributed by atoms with Crippen LogP contribution in [0.1, 0.15) is 73.6 Å². The van der Waals surface area contributed by atoms with Crippen LogP contribution < -0.4 is 0 Å². The summed E-state index contributed by atoms with van der Waals surface area (Å²) >= 11 is 0. The van der Waals surface area contributed by atoms with Crippen LogP contribution in [0.15, 0.2) is 0 Å². The largest absolute Gasteiger partial charge is 0.312 e. The van der Waals surface area contributed by atoms with Gasteiger partial charge in [-0.25, -0.2) is 0 Å². The van der Waals surface area contributed by atoms with Gasteiger partial charge in [0.25, 0.3) is 0 Å². The molecule has 0 aromatic rings. The molecule has 0 spiro atoms. The molecule has 18 heavy (non-hydrogen) atoms. The topological polar surface area (TPSA) is 17.1 Å². The van der Waals surface area contributed by atoms with Crippen LogP contribution in [0.5, 0.6) is 0 Å². The van der Waals surface area contributed by atoms with E-state index >= 15 is 0 Å². The highest BCUT2D eigenvalue weighted by atomic mass is 16.1. The number of carbonyl (C=O) groups excluding carboxylic acids is 1. The van der Waals surface area contributed by atoms with Gasteiger partial charge >= 0.3 is 0 Å². The molecule has 0 atom stereocenters. The minimum Gasteiger partial charge on any atom is -0.312 e. The molecular formula is C16H30BO. The van der Waals surface area contributed by atoms with E-state index in [2.05, 4.69) is 48.8 Å². The standard InChI is InChI=1S/C16H30BO/c1-15(2,3)13(16(4,5)6)14(18)17-12-10-8-7-9-11-12/h12-13H,7-11H2,1-6H3. The number of carbonyl (C=O) groups is 1. The van der Waals surface area contributed by atoms with Crippen LogP contribution in [0.4, 0.5) is 0 Å². The lowest BCUT2D eigenvalue weighted by molar-refractivity contribution is -0.122. The molecule has 1 fully saturated rings. The first-order valence-corrected chi connectivity index (χ1v) is 7.51. The van der Waals surface area contributed by atoms with Gasteiger partial charge < -0.3 is 4.79 Å². The fraction of sp³-hybridized carbons (Fsp3) is 0.938. The van der Waals surface area contributed by atoms with Gasteiger partial charge in [-0.15, -0.1) is 0 Å². The second-order valence-corrected chi connectivity index (χ2v) is 8.13. The van der Waals surface area contributed by atoms with Crippen molar-refractivity contribution in [2.24, 2.45) is 16.7 Å². The summed E-state index contributed by atoms with van der Waals surface area (Å²) < 4.78 is 0. The van der Waals surface area contributed by atoms with Crippen molar-refractivity contribution < 1.29 is 4.79 Å². The van der Waals surface area contributed by atoms with E-state index in [0.29, 0.717) is 11.5 Å². The van der Waals surface area contributed by atoms with Crippen LogP contribution >= 0.6 is 0 Å². The predicted octanol–water partition coefficient (Wildman–Crippen LogP) is 4.68. The van der Waals surface area contributed by atoms with Crippen LogP contribution in [0.2, 0.25) is 5.82 Å². The quantitative estimate of drug-likeness (QED) is 0.664. The van der Waals surface area contributed by atoms with E-state index in [1.54, 1.807) is 0 Å². The first kappa shape index (κ1) is 15.8. The molecule has 0 N–H and O–H groups in total. The molecule has 1 saturated carbocycles. The maximum Gasteiger partial charge on any atom is 0.206 e. The van der Waals surface area contributed by atoms with Gasteiger partial charge in [0, 0.05) is 5.92 Å². The van der Waals surface area contributed by atoms with Crippen molar-refractivity contribution >= 4 is 13.0 Å². The van der Waals surface area contributed by atoms with E-state index in [-0.39, 0.29) is 16.7 Å². The Bertz CT molecular complexity index is 262. The lowest BCUT2D eigenvalue weighted by Crippen LogP contribution is -2.42. The average molecular weight is 249 g/mol. The lowest BCUT2D eigenvalue weighted by atomic mass is 9.48. The molecule has 1 aliphatic rings. The Labute approximate surface area is 114 Å². The monoisotopic (exact) mass is 249 g/mol. The molecule has 1 radical (unpaired) electrons. The zero-order valence-corrected chi connectivity index (χ0v) is 13.2. The van der Waals surface area contributed by atoms with E-state index in [1.807, 2.05) is 0 Å². The number of hydrogen-bond donors (Lipinski definition) is 0. The van der Waals surface area contributed by atoms with Gasteiger partial charge in [0.05, 0.1) is 5.68 Å². The number of rotatable bonds is 3. The third-order valence-corrected chi connectivity index (χ3v) is 4.07.